The van der Waals surface area contributed by atoms with Crippen molar-refractivity contribution in [3.05, 3.63) is 65.0 Å². The summed E-state index contributed by atoms with van der Waals surface area (Å²) in [6.45, 7) is 1.70. The maximum Gasteiger partial charge on any atom is 0.126 e. The Morgan fingerprint density at radius 2 is 2.00 bits per heavy atom. The molecule has 2 aromatic carbocycles. The molecule has 0 aliphatic heterocycles. The van der Waals surface area contributed by atoms with Gasteiger partial charge in [0.05, 0.1) is 13.2 Å². The minimum Gasteiger partial charge on any atom is -0.497 e. The van der Waals surface area contributed by atoms with Crippen molar-refractivity contribution in [2.45, 2.75) is 19.4 Å². The summed E-state index contributed by atoms with van der Waals surface area (Å²) in [4.78, 5) is 0. The van der Waals surface area contributed by atoms with Crippen LogP contribution in [0.2, 0.25) is 0 Å². The Balaban J connectivity index is 2.15. The standard InChI is InChI=1S/C16H17FO2/c1-11-6-7-13(10-15(11)17)16(18)9-12-4-3-5-14(8-12)19-2/h3-8,10,16,18H,9H2,1-2H3. The van der Waals surface area contributed by atoms with Gasteiger partial charge >= 0.3 is 0 Å². The van der Waals surface area contributed by atoms with Gasteiger partial charge in [-0.25, -0.2) is 4.39 Å². The number of hydrogen-bond acceptors (Lipinski definition) is 2. The lowest BCUT2D eigenvalue weighted by Crippen LogP contribution is -2.03. The van der Waals surface area contributed by atoms with Gasteiger partial charge in [0.15, 0.2) is 0 Å². The van der Waals surface area contributed by atoms with E-state index in [0.717, 1.165) is 11.3 Å². The van der Waals surface area contributed by atoms with Gasteiger partial charge in [0, 0.05) is 6.42 Å². The largest absolute Gasteiger partial charge is 0.497 e. The summed E-state index contributed by atoms with van der Waals surface area (Å²) in [6, 6.07) is 12.3. The van der Waals surface area contributed by atoms with Crippen molar-refractivity contribution >= 4 is 0 Å². The SMILES string of the molecule is COc1cccc(CC(O)c2ccc(C)c(F)c2)c1. The molecule has 0 amide bonds. The van der Waals surface area contributed by atoms with Crippen LogP contribution < -0.4 is 4.74 Å². The second-order valence-corrected chi connectivity index (χ2v) is 4.58. The van der Waals surface area contributed by atoms with E-state index in [1.807, 2.05) is 24.3 Å². The van der Waals surface area contributed by atoms with Gasteiger partial charge in [-0.2, -0.15) is 0 Å². The molecule has 0 saturated carbocycles. The predicted octanol–water partition coefficient (Wildman–Crippen LogP) is 3.42. The molecule has 0 saturated heterocycles. The fraction of sp³-hybridized carbons (Fsp3) is 0.250. The zero-order valence-electron chi connectivity index (χ0n) is 11.1. The molecule has 1 atom stereocenters. The molecule has 3 heteroatoms. The third kappa shape index (κ3) is 3.32. The molecule has 0 bridgehead atoms. The molecule has 2 aromatic rings. The monoisotopic (exact) mass is 260 g/mol. The van der Waals surface area contributed by atoms with E-state index in [4.69, 9.17) is 4.74 Å². The van der Waals surface area contributed by atoms with Crippen LogP contribution in [0.25, 0.3) is 0 Å². The Morgan fingerprint density at radius 1 is 1.21 bits per heavy atom. The fourth-order valence-corrected chi connectivity index (χ4v) is 1.96. The van der Waals surface area contributed by atoms with E-state index < -0.39 is 6.10 Å². The Morgan fingerprint density at radius 3 is 2.68 bits per heavy atom. The molecule has 1 unspecified atom stereocenters. The van der Waals surface area contributed by atoms with E-state index in [9.17, 15) is 9.50 Å². The summed E-state index contributed by atoms with van der Waals surface area (Å²) in [5.41, 5.74) is 2.12. The molecular formula is C16H17FO2. The maximum atomic E-state index is 13.5. The second-order valence-electron chi connectivity index (χ2n) is 4.58. The number of methoxy groups -OCH3 is 1. The van der Waals surface area contributed by atoms with E-state index in [2.05, 4.69) is 0 Å². The number of halogens is 1. The third-order valence-corrected chi connectivity index (χ3v) is 3.14. The van der Waals surface area contributed by atoms with Crippen LogP contribution in [0.4, 0.5) is 4.39 Å². The van der Waals surface area contributed by atoms with Gasteiger partial charge in [0.2, 0.25) is 0 Å². The first-order chi connectivity index (χ1) is 9.10. The number of aliphatic hydroxyl groups excluding tert-OH is 1. The normalized spacial score (nSPS) is 12.2. The molecule has 19 heavy (non-hydrogen) atoms. The lowest BCUT2D eigenvalue weighted by atomic mass is 10.00. The highest BCUT2D eigenvalue weighted by Gasteiger charge is 2.11. The van der Waals surface area contributed by atoms with Crippen LogP contribution in [0, 0.1) is 12.7 Å². The smallest absolute Gasteiger partial charge is 0.126 e. The number of aryl methyl sites for hydroxylation is 1. The molecule has 0 fully saturated rings. The highest BCUT2D eigenvalue weighted by molar-refractivity contribution is 5.31. The quantitative estimate of drug-likeness (QED) is 0.912. The van der Waals surface area contributed by atoms with Crippen molar-refractivity contribution in [3.8, 4) is 5.75 Å². The van der Waals surface area contributed by atoms with E-state index in [0.29, 0.717) is 17.5 Å². The average molecular weight is 260 g/mol. The van der Waals surface area contributed by atoms with Crippen molar-refractivity contribution < 1.29 is 14.2 Å². The molecule has 0 aliphatic carbocycles. The van der Waals surface area contributed by atoms with Crippen molar-refractivity contribution in [1.29, 1.82) is 0 Å². The zero-order valence-corrected chi connectivity index (χ0v) is 11.1. The Kier molecular flexibility index (Phi) is 4.17. The number of benzene rings is 2. The molecular weight excluding hydrogens is 243 g/mol. The van der Waals surface area contributed by atoms with Crippen LogP contribution >= 0.6 is 0 Å². The lowest BCUT2D eigenvalue weighted by Gasteiger charge is -2.12. The van der Waals surface area contributed by atoms with Gasteiger partial charge in [0.1, 0.15) is 11.6 Å². The molecule has 0 heterocycles. The van der Waals surface area contributed by atoms with Gasteiger partial charge in [-0.1, -0.05) is 24.3 Å². The lowest BCUT2D eigenvalue weighted by molar-refractivity contribution is 0.178. The summed E-state index contributed by atoms with van der Waals surface area (Å²) < 4.78 is 18.6. The Bertz CT molecular complexity index is 566. The number of ether oxygens (including phenoxy) is 1. The van der Waals surface area contributed by atoms with Crippen molar-refractivity contribution in [2.75, 3.05) is 7.11 Å². The zero-order chi connectivity index (χ0) is 13.8. The van der Waals surface area contributed by atoms with Crippen LogP contribution in [0.1, 0.15) is 22.8 Å². The molecule has 0 spiro atoms. The van der Waals surface area contributed by atoms with E-state index >= 15 is 0 Å². The topological polar surface area (TPSA) is 29.5 Å². The summed E-state index contributed by atoms with van der Waals surface area (Å²) in [5, 5.41) is 10.1. The van der Waals surface area contributed by atoms with Crippen LogP contribution in [0.15, 0.2) is 42.5 Å². The van der Waals surface area contributed by atoms with Crippen molar-refractivity contribution in [1.82, 2.24) is 0 Å². The molecule has 100 valence electrons. The Hall–Kier alpha value is -1.87. The van der Waals surface area contributed by atoms with E-state index in [1.54, 1.807) is 26.2 Å². The minimum absolute atomic E-state index is 0.290. The third-order valence-electron chi connectivity index (χ3n) is 3.14. The molecule has 1 N–H and O–H groups in total. The maximum absolute atomic E-state index is 13.5. The number of aliphatic hydroxyl groups is 1. The van der Waals surface area contributed by atoms with Crippen LogP contribution in [0.5, 0.6) is 5.75 Å². The second kappa shape index (κ2) is 5.85. The van der Waals surface area contributed by atoms with Gasteiger partial charge in [-0.15, -0.1) is 0 Å². The summed E-state index contributed by atoms with van der Waals surface area (Å²) in [5.74, 6) is 0.460. The molecule has 0 aromatic heterocycles. The van der Waals surface area contributed by atoms with Crippen LogP contribution in [0.3, 0.4) is 0 Å². The van der Waals surface area contributed by atoms with E-state index in [-0.39, 0.29) is 5.82 Å². The highest BCUT2D eigenvalue weighted by atomic mass is 19.1. The first-order valence-corrected chi connectivity index (χ1v) is 6.17. The summed E-state index contributed by atoms with van der Waals surface area (Å²) in [6.07, 6.45) is -0.290. The van der Waals surface area contributed by atoms with Crippen LogP contribution in [-0.2, 0) is 6.42 Å². The number of rotatable bonds is 4. The van der Waals surface area contributed by atoms with Gasteiger partial charge in [-0.3, -0.25) is 0 Å². The molecule has 0 aliphatic rings. The Labute approximate surface area is 112 Å². The van der Waals surface area contributed by atoms with E-state index in [1.165, 1.54) is 6.07 Å². The van der Waals surface area contributed by atoms with Gasteiger partial charge < -0.3 is 9.84 Å². The summed E-state index contributed by atoms with van der Waals surface area (Å²) >= 11 is 0. The van der Waals surface area contributed by atoms with Gasteiger partial charge in [0.25, 0.3) is 0 Å². The number of hydrogen-bond donors (Lipinski definition) is 1. The molecule has 0 radical (unpaired) electrons. The summed E-state index contributed by atoms with van der Waals surface area (Å²) in [7, 11) is 1.60. The van der Waals surface area contributed by atoms with Crippen molar-refractivity contribution in [3.63, 3.8) is 0 Å². The van der Waals surface area contributed by atoms with Crippen LogP contribution in [-0.4, -0.2) is 12.2 Å². The fourth-order valence-electron chi connectivity index (χ4n) is 1.96. The van der Waals surface area contributed by atoms with Gasteiger partial charge in [-0.05, 0) is 41.8 Å². The first kappa shape index (κ1) is 13.6. The first-order valence-electron chi connectivity index (χ1n) is 6.17. The van der Waals surface area contributed by atoms with Crippen molar-refractivity contribution in [2.24, 2.45) is 0 Å². The highest BCUT2D eigenvalue weighted by Crippen LogP contribution is 2.22. The minimum atomic E-state index is -0.720. The predicted molar refractivity (Wildman–Crippen MR) is 72.8 cm³/mol. The molecule has 2 rings (SSSR count). The average Bonchev–Trinajstić information content (AvgIpc) is 2.42. The molecule has 2 nitrogen and oxygen atoms in total.